The number of methoxy groups -OCH3 is 1. The van der Waals surface area contributed by atoms with E-state index >= 15 is 4.39 Å². The summed E-state index contributed by atoms with van der Waals surface area (Å²) in [5, 5.41) is 13.1. The van der Waals surface area contributed by atoms with E-state index in [0.29, 0.717) is 30.0 Å². The summed E-state index contributed by atoms with van der Waals surface area (Å²) in [5.41, 5.74) is 2.75. The Morgan fingerprint density at radius 3 is 2.91 bits per heavy atom. The van der Waals surface area contributed by atoms with Crippen LogP contribution in [0, 0.1) is 0 Å². The smallest absolute Gasteiger partial charge is 0.408 e. The van der Waals surface area contributed by atoms with E-state index in [1.165, 1.54) is 0 Å². The molecule has 186 valence electrons. The maximum atomic E-state index is 15.1. The molecule has 11 nitrogen and oxygen atoms in total. The molecule has 0 aromatic carbocycles. The van der Waals surface area contributed by atoms with Gasteiger partial charge in [0.2, 0.25) is 5.95 Å². The number of nitrogens with one attached hydrogen (secondary N) is 3. The van der Waals surface area contributed by atoms with Crippen molar-refractivity contribution >= 4 is 23.5 Å². The van der Waals surface area contributed by atoms with Gasteiger partial charge in [0, 0.05) is 36.9 Å². The zero-order valence-electron chi connectivity index (χ0n) is 19.6. The SMILES string of the molecule is COCc1cn2c(Nc3cc([C@H]4OC[C@@H](OC(=O)NC5(C)CC5)[C@H]4F)[nH]n3)nc(C3CC3)cc2n1. The topological polar surface area (TPSA) is 128 Å². The average Bonchev–Trinajstić information content (AvgIpc) is 3.66. The quantitative estimate of drug-likeness (QED) is 0.444. The number of nitrogens with zero attached hydrogens (tertiary/aromatic N) is 4. The number of H-pyrrole nitrogens is 1. The monoisotopic (exact) mass is 485 g/mol. The minimum Gasteiger partial charge on any atom is -0.441 e. The van der Waals surface area contributed by atoms with Crippen LogP contribution in [0.15, 0.2) is 18.3 Å². The second kappa shape index (κ2) is 8.45. The van der Waals surface area contributed by atoms with Crippen LogP contribution >= 0.6 is 0 Å². The molecule has 3 aromatic heterocycles. The van der Waals surface area contributed by atoms with Crippen molar-refractivity contribution in [1.29, 1.82) is 0 Å². The average molecular weight is 486 g/mol. The van der Waals surface area contributed by atoms with Crippen molar-refractivity contribution in [1.82, 2.24) is 29.9 Å². The van der Waals surface area contributed by atoms with Crippen LogP contribution in [0.25, 0.3) is 5.65 Å². The van der Waals surface area contributed by atoms with Crippen molar-refractivity contribution in [2.24, 2.45) is 0 Å². The first-order valence-corrected chi connectivity index (χ1v) is 11.9. The Labute approximate surface area is 200 Å². The second-order valence-electron chi connectivity index (χ2n) is 9.83. The third-order valence-corrected chi connectivity index (χ3v) is 6.70. The molecule has 4 heterocycles. The van der Waals surface area contributed by atoms with Crippen LogP contribution in [0.4, 0.5) is 21.0 Å². The van der Waals surface area contributed by atoms with E-state index in [0.717, 1.165) is 42.7 Å². The molecule has 3 aliphatic rings. The van der Waals surface area contributed by atoms with E-state index in [-0.39, 0.29) is 12.1 Å². The number of imidazole rings is 1. The molecule has 1 amide bonds. The number of fused-ring (bicyclic) bond motifs is 1. The molecule has 12 heteroatoms. The lowest BCUT2D eigenvalue weighted by molar-refractivity contribution is 0.0604. The van der Waals surface area contributed by atoms with Crippen LogP contribution < -0.4 is 10.6 Å². The number of rotatable bonds is 8. The summed E-state index contributed by atoms with van der Waals surface area (Å²) in [6.45, 7) is 2.30. The standard InChI is InChI=1S/C23H28FN7O4/c1-23(5-6-23)28-22(32)35-16-11-34-20(19(16)24)15-7-17(30-29-15)27-21-26-14(12-3-4-12)8-18-25-13(10-33-2)9-31(18)21/h7-9,12,16,19-20H,3-6,10-11H2,1-2H3,(H,28,32)(H2,26,27,29,30)/t16-,19-,20-/m1/s1. The van der Waals surface area contributed by atoms with Gasteiger partial charge in [-0.25, -0.2) is 19.2 Å². The molecule has 0 radical (unpaired) electrons. The molecule has 1 saturated heterocycles. The fraction of sp³-hybridized carbons (Fsp3) is 0.565. The lowest BCUT2D eigenvalue weighted by Crippen LogP contribution is -2.39. The number of halogens is 1. The highest BCUT2D eigenvalue weighted by Gasteiger charge is 2.44. The van der Waals surface area contributed by atoms with Gasteiger partial charge >= 0.3 is 6.09 Å². The first-order chi connectivity index (χ1) is 16.9. The molecule has 0 spiro atoms. The Hall–Kier alpha value is -3.25. The number of carbonyl (C=O) groups is 1. The van der Waals surface area contributed by atoms with Gasteiger partial charge < -0.3 is 24.8 Å². The maximum absolute atomic E-state index is 15.1. The van der Waals surface area contributed by atoms with Gasteiger partial charge in [-0.2, -0.15) is 5.10 Å². The van der Waals surface area contributed by atoms with Crippen molar-refractivity contribution in [3.05, 3.63) is 35.4 Å². The summed E-state index contributed by atoms with van der Waals surface area (Å²) in [5.74, 6) is 1.46. The highest BCUT2D eigenvalue weighted by Crippen LogP contribution is 2.40. The Balaban J connectivity index is 1.17. The van der Waals surface area contributed by atoms with Crippen LogP contribution in [0.2, 0.25) is 0 Å². The highest BCUT2D eigenvalue weighted by molar-refractivity contribution is 5.69. The molecule has 3 fully saturated rings. The van der Waals surface area contributed by atoms with E-state index in [4.69, 9.17) is 19.2 Å². The van der Waals surface area contributed by atoms with Gasteiger partial charge in [0.05, 0.1) is 30.3 Å². The number of aromatic amines is 1. The Bertz CT molecular complexity index is 1250. The number of hydrogen-bond acceptors (Lipinski definition) is 8. The zero-order valence-corrected chi connectivity index (χ0v) is 19.6. The Kier molecular flexibility index (Phi) is 5.37. The summed E-state index contributed by atoms with van der Waals surface area (Å²) in [6.07, 6.45) is 1.84. The van der Waals surface area contributed by atoms with Crippen molar-refractivity contribution in [2.45, 2.75) is 69.1 Å². The maximum Gasteiger partial charge on any atom is 0.408 e. The molecule has 1 aliphatic heterocycles. The molecular weight excluding hydrogens is 457 g/mol. The molecule has 35 heavy (non-hydrogen) atoms. The van der Waals surface area contributed by atoms with Gasteiger partial charge in [0.25, 0.3) is 0 Å². The number of alkyl carbamates (subject to hydrolysis) is 1. The molecular formula is C23H28FN7O4. The van der Waals surface area contributed by atoms with Crippen LogP contribution in [-0.4, -0.2) is 62.2 Å². The molecule has 3 N–H and O–H groups in total. The normalized spacial score (nSPS) is 25.1. The van der Waals surface area contributed by atoms with Crippen LogP contribution in [0.5, 0.6) is 0 Å². The summed E-state index contributed by atoms with van der Waals surface area (Å²) < 4.78 is 33.0. The van der Waals surface area contributed by atoms with Gasteiger partial charge in [0.15, 0.2) is 18.1 Å². The number of carbonyl (C=O) groups excluding carboxylic acids is 1. The van der Waals surface area contributed by atoms with Crippen molar-refractivity contribution < 1.29 is 23.4 Å². The molecule has 2 saturated carbocycles. The summed E-state index contributed by atoms with van der Waals surface area (Å²) >= 11 is 0. The number of alkyl halides is 1. The Morgan fingerprint density at radius 2 is 2.17 bits per heavy atom. The Morgan fingerprint density at radius 1 is 1.34 bits per heavy atom. The van der Waals surface area contributed by atoms with E-state index in [2.05, 4.69) is 25.8 Å². The van der Waals surface area contributed by atoms with Crippen LogP contribution in [0.3, 0.4) is 0 Å². The molecule has 3 aromatic rings. The molecule has 2 aliphatic carbocycles. The number of amides is 1. The molecule has 6 rings (SSSR count). The lowest BCUT2D eigenvalue weighted by atomic mass is 10.1. The summed E-state index contributed by atoms with van der Waals surface area (Å²) in [7, 11) is 1.63. The third kappa shape index (κ3) is 4.55. The molecule has 0 bridgehead atoms. The van der Waals surface area contributed by atoms with Gasteiger partial charge in [-0.1, -0.05) is 0 Å². The van der Waals surface area contributed by atoms with Crippen molar-refractivity contribution in [3.8, 4) is 0 Å². The number of aromatic nitrogens is 5. The minimum absolute atomic E-state index is 0.0271. The fourth-order valence-corrected chi connectivity index (χ4v) is 4.28. The predicted molar refractivity (Wildman–Crippen MR) is 122 cm³/mol. The van der Waals surface area contributed by atoms with E-state index in [9.17, 15) is 4.79 Å². The number of anilines is 2. The number of hydrogen-bond donors (Lipinski definition) is 3. The first-order valence-electron chi connectivity index (χ1n) is 11.9. The van der Waals surface area contributed by atoms with Gasteiger partial charge in [-0.15, -0.1) is 0 Å². The number of ether oxygens (including phenoxy) is 3. The highest BCUT2D eigenvalue weighted by atomic mass is 19.1. The van der Waals surface area contributed by atoms with Gasteiger partial charge in [0.1, 0.15) is 11.8 Å². The second-order valence-corrected chi connectivity index (χ2v) is 9.83. The van der Waals surface area contributed by atoms with E-state index < -0.39 is 24.5 Å². The minimum atomic E-state index is -1.52. The summed E-state index contributed by atoms with van der Waals surface area (Å²) in [6, 6.07) is 3.67. The molecule has 0 unspecified atom stereocenters. The van der Waals surface area contributed by atoms with Gasteiger partial charge in [-0.3, -0.25) is 9.50 Å². The predicted octanol–water partition coefficient (Wildman–Crippen LogP) is 3.28. The van der Waals surface area contributed by atoms with E-state index in [1.54, 1.807) is 13.2 Å². The third-order valence-electron chi connectivity index (χ3n) is 6.70. The van der Waals surface area contributed by atoms with Crippen molar-refractivity contribution in [2.75, 3.05) is 19.0 Å². The van der Waals surface area contributed by atoms with Crippen molar-refractivity contribution in [3.63, 3.8) is 0 Å². The largest absolute Gasteiger partial charge is 0.441 e. The first kappa shape index (κ1) is 22.2. The lowest BCUT2D eigenvalue weighted by Gasteiger charge is -2.17. The molecule has 3 atom stereocenters. The van der Waals surface area contributed by atoms with Crippen LogP contribution in [0.1, 0.15) is 61.7 Å². The fourth-order valence-electron chi connectivity index (χ4n) is 4.28. The zero-order chi connectivity index (χ0) is 24.2. The summed E-state index contributed by atoms with van der Waals surface area (Å²) in [4.78, 5) is 21.5. The van der Waals surface area contributed by atoms with Crippen LogP contribution in [-0.2, 0) is 20.8 Å². The van der Waals surface area contributed by atoms with Gasteiger partial charge in [-0.05, 0) is 32.6 Å². The van der Waals surface area contributed by atoms with E-state index in [1.807, 2.05) is 23.6 Å².